The fraction of sp³-hybridized carbons (Fsp3) is 0.538. The summed E-state index contributed by atoms with van der Waals surface area (Å²) in [5.74, 6) is 1.07. The Morgan fingerprint density at radius 1 is 1.13 bits per heavy atom. The number of alkyl halides is 1. The van der Waals surface area contributed by atoms with Crippen molar-refractivity contribution in [2.24, 2.45) is 5.92 Å². The third-order valence-electron chi connectivity index (χ3n) is 2.23. The number of rotatable bonds is 6. The highest BCUT2D eigenvalue weighted by atomic mass is 79.9. The van der Waals surface area contributed by atoms with Gasteiger partial charge in [-0.3, -0.25) is 0 Å². The molecule has 15 heavy (non-hydrogen) atoms. The van der Waals surface area contributed by atoms with Gasteiger partial charge >= 0.3 is 0 Å². The smallest absolute Gasteiger partial charge is 0.0542 e. The highest BCUT2D eigenvalue weighted by Crippen LogP contribution is 2.18. The van der Waals surface area contributed by atoms with Crippen LogP contribution in [-0.2, 0) is 4.74 Å². The number of ether oxygens (including phenoxy) is 1. The van der Waals surface area contributed by atoms with Gasteiger partial charge in [0.15, 0.2) is 0 Å². The standard InChI is InChI=1S/C13H19BrO/c1-11(2)9-15-10-13(8-14)12-6-4-3-5-7-12/h3-7,11,13H,8-10H2,1-2H3. The van der Waals surface area contributed by atoms with Crippen LogP contribution >= 0.6 is 15.9 Å². The highest BCUT2D eigenvalue weighted by Gasteiger charge is 2.09. The molecule has 0 aliphatic rings. The minimum absolute atomic E-state index is 0.463. The van der Waals surface area contributed by atoms with E-state index in [-0.39, 0.29) is 0 Å². The molecule has 0 bridgehead atoms. The van der Waals surface area contributed by atoms with Crippen LogP contribution < -0.4 is 0 Å². The van der Waals surface area contributed by atoms with Crippen LogP contribution in [0.1, 0.15) is 25.3 Å². The van der Waals surface area contributed by atoms with Crippen LogP contribution in [0.4, 0.5) is 0 Å². The number of benzene rings is 1. The summed E-state index contributed by atoms with van der Waals surface area (Å²) in [7, 11) is 0. The summed E-state index contributed by atoms with van der Waals surface area (Å²) in [6.45, 7) is 5.99. The summed E-state index contributed by atoms with van der Waals surface area (Å²) in [6, 6.07) is 10.5. The molecule has 0 amide bonds. The molecule has 1 rings (SSSR count). The minimum atomic E-state index is 0.463. The van der Waals surface area contributed by atoms with Gasteiger partial charge in [0.1, 0.15) is 0 Å². The first-order valence-corrected chi connectivity index (χ1v) is 6.54. The van der Waals surface area contributed by atoms with Crippen LogP contribution in [0.3, 0.4) is 0 Å². The normalized spacial score (nSPS) is 13.1. The minimum Gasteiger partial charge on any atom is -0.381 e. The van der Waals surface area contributed by atoms with Crippen molar-refractivity contribution in [2.75, 3.05) is 18.5 Å². The second kappa shape index (κ2) is 7.02. The molecule has 0 aliphatic heterocycles. The zero-order valence-electron chi connectivity index (χ0n) is 9.45. The van der Waals surface area contributed by atoms with Crippen molar-refractivity contribution >= 4 is 15.9 Å². The van der Waals surface area contributed by atoms with Gasteiger partial charge in [0.2, 0.25) is 0 Å². The average molecular weight is 271 g/mol. The van der Waals surface area contributed by atoms with Crippen molar-refractivity contribution in [3.63, 3.8) is 0 Å². The molecule has 0 saturated heterocycles. The number of hydrogen-bond acceptors (Lipinski definition) is 1. The highest BCUT2D eigenvalue weighted by molar-refractivity contribution is 9.09. The largest absolute Gasteiger partial charge is 0.381 e. The first-order chi connectivity index (χ1) is 7.24. The molecule has 0 N–H and O–H groups in total. The molecule has 0 aromatic heterocycles. The molecule has 1 aromatic carbocycles. The van der Waals surface area contributed by atoms with Crippen LogP contribution in [0.5, 0.6) is 0 Å². The van der Waals surface area contributed by atoms with E-state index < -0.39 is 0 Å². The maximum Gasteiger partial charge on any atom is 0.0542 e. The molecule has 0 spiro atoms. The molecule has 1 unspecified atom stereocenters. The van der Waals surface area contributed by atoms with Crippen molar-refractivity contribution in [1.29, 1.82) is 0 Å². The van der Waals surface area contributed by atoms with E-state index in [2.05, 4.69) is 54.0 Å². The molecule has 0 fully saturated rings. The van der Waals surface area contributed by atoms with Crippen LogP contribution in [0.25, 0.3) is 0 Å². The summed E-state index contributed by atoms with van der Waals surface area (Å²) in [5, 5.41) is 0.953. The Bertz CT molecular complexity index is 258. The first-order valence-electron chi connectivity index (χ1n) is 5.42. The first kappa shape index (κ1) is 12.7. The van der Waals surface area contributed by atoms with Gasteiger partial charge in [0.25, 0.3) is 0 Å². The summed E-state index contributed by atoms with van der Waals surface area (Å²) < 4.78 is 5.67. The second-order valence-electron chi connectivity index (χ2n) is 4.19. The zero-order chi connectivity index (χ0) is 11.1. The van der Waals surface area contributed by atoms with Gasteiger partial charge in [-0.15, -0.1) is 0 Å². The van der Waals surface area contributed by atoms with Gasteiger partial charge in [0, 0.05) is 17.9 Å². The summed E-state index contributed by atoms with van der Waals surface area (Å²) >= 11 is 3.54. The lowest BCUT2D eigenvalue weighted by Gasteiger charge is -2.15. The fourth-order valence-electron chi connectivity index (χ4n) is 1.40. The maximum atomic E-state index is 5.67. The molecule has 0 aliphatic carbocycles. The molecule has 1 atom stereocenters. The third-order valence-corrected chi connectivity index (χ3v) is 3.01. The van der Waals surface area contributed by atoms with E-state index in [1.165, 1.54) is 5.56 Å². The quantitative estimate of drug-likeness (QED) is 0.714. The Labute approximate surface area is 101 Å². The predicted octanol–water partition coefficient (Wildman–Crippen LogP) is 3.84. The number of halogens is 1. The summed E-state index contributed by atoms with van der Waals surface area (Å²) in [6.07, 6.45) is 0. The van der Waals surface area contributed by atoms with Crippen molar-refractivity contribution in [3.8, 4) is 0 Å². The van der Waals surface area contributed by atoms with Crippen LogP contribution in [-0.4, -0.2) is 18.5 Å². The van der Waals surface area contributed by atoms with Crippen LogP contribution in [0.2, 0.25) is 0 Å². The van der Waals surface area contributed by atoms with E-state index >= 15 is 0 Å². The van der Waals surface area contributed by atoms with E-state index in [1.54, 1.807) is 0 Å². The number of hydrogen-bond donors (Lipinski definition) is 0. The molecule has 0 heterocycles. The van der Waals surface area contributed by atoms with Crippen LogP contribution in [0, 0.1) is 5.92 Å². The van der Waals surface area contributed by atoms with E-state index in [0.29, 0.717) is 11.8 Å². The Morgan fingerprint density at radius 2 is 1.80 bits per heavy atom. The summed E-state index contributed by atoms with van der Waals surface area (Å²) in [5.41, 5.74) is 1.35. The fourth-order valence-corrected chi connectivity index (χ4v) is 1.96. The molecule has 1 aromatic rings. The lowest BCUT2D eigenvalue weighted by molar-refractivity contribution is 0.101. The van der Waals surface area contributed by atoms with Gasteiger partial charge in [-0.25, -0.2) is 0 Å². The van der Waals surface area contributed by atoms with Gasteiger partial charge in [-0.05, 0) is 11.5 Å². The Balaban J connectivity index is 2.43. The topological polar surface area (TPSA) is 9.23 Å². The zero-order valence-corrected chi connectivity index (χ0v) is 11.0. The van der Waals surface area contributed by atoms with Crippen molar-refractivity contribution in [1.82, 2.24) is 0 Å². The van der Waals surface area contributed by atoms with Crippen molar-refractivity contribution in [2.45, 2.75) is 19.8 Å². The summed E-state index contributed by atoms with van der Waals surface area (Å²) in [4.78, 5) is 0. The monoisotopic (exact) mass is 270 g/mol. The molecular weight excluding hydrogens is 252 g/mol. The van der Waals surface area contributed by atoms with Gasteiger partial charge < -0.3 is 4.74 Å². The van der Waals surface area contributed by atoms with Crippen molar-refractivity contribution < 1.29 is 4.74 Å². The Hall–Kier alpha value is -0.340. The Kier molecular flexibility index (Phi) is 5.96. The molecule has 2 heteroatoms. The SMILES string of the molecule is CC(C)COCC(CBr)c1ccccc1. The van der Waals surface area contributed by atoms with E-state index in [0.717, 1.165) is 18.5 Å². The van der Waals surface area contributed by atoms with E-state index in [9.17, 15) is 0 Å². The molecule has 1 nitrogen and oxygen atoms in total. The van der Waals surface area contributed by atoms with Gasteiger partial charge in [0.05, 0.1) is 6.61 Å². The third kappa shape index (κ3) is 4.80. The maximum absolute atomic E-state index is 5.67. The molecular formula is C13H19BrO. The predicted molar refractivity (Wildman–Crippen MR) is 68.6 cm³/mol. The Morgan fingerprint density at radius 3 is 2.33 bits per heavy atom. The van der Waals surface area contributed by atoms with E-state index in [4.69, 9.17) is 4.74 Å². The van der Waals surface area contributed by atoms with Gasteiger partial charge in [-0.2, -0.15) is 0 Å². The second-order valence-corrected chi connectivity index (χ2v) is 4.84. The lowest BCUT2D eigenvalue weighted by atomic mass is 10.0. The molecule has 0 saturated carbocycles. The van der Waals surface area contributed by atoms with Crippen molar-refractivity contribution in [3.05, 3.63) is 35.9 Å². The van der Waals surface area contributed by atoms with Crippen LogP contribution in [0.15, 0.2) is 30.3 Å². The average Bonchev–Trinajstić information content (AvgIpc) is 2.25. The molecule has 0 radical (unpaired) electrons. The van der Waals surface area contributed by atoms with Gasteiger partial charge in [-0.1, -0.05) is 60.1 Å². The van der Waals surface area contributed by atoms with E-state index in [1.807, 2.05) is 6.07 Å². The molecule has 84 valence electrons. The lowest BCUT2D eigenvalue weighted by Crippen LogP contribution is -2.12.